The summed E-state index contributed by atoms with van der Waals surface area (Å²) in [6, 6.07) is -0.561. The Morgan fingerprint density at radius 1 is 1.30 bits per heavy atom. The van der Waals surface area contributed by atoms with Crippen LogP contribution in [-0.4, -0.2) is 42.5 Å². The van der Waals surface area contributed by atoms with E-state index in [-0.39, 0.29) is 23.7 Å². The molecule has 5 nitrogen and oxygen atoms in total. The maximum Gasteiger partial charge on any atom is 0.328 e. The number of esters is 1. The Bertz CT molecular complexity index is 760. The zero-order chi connectivity index (χ0) is 20.1. The summed E-state index contributed by atoms with van der Waals surface area (Å²) in [5, 5.41) is 2.54. The zero-order valence-electron chi connectivity index (χ0n) is 15.7. The molecule has 0 bridgehead atoms. The topological polar surface area (TPSA) is 58.6 Å². The van der Waals surface area contributed by atoms with Crippen molar-refractivity contribution < 1.29 is 27.5 Å². The van der Waals surface area contributed by atoms with Crippen molar-refractivity contribution in [2.45, 2.75) is 39.3 Å². The molecule has 1 aromatic rings. The van der Waals surface area contributed by atoms with E-state index in [0.29, 0.717) is 18.7 Å². The Hall–Kier alpha value is -2.25. The first-order valence-electron chi connectivity index (χ1n) is 8.92. The second kappa shape index (κ2) is 6.73. The van der Waals surface area contributed by atoms with Gasteiger partial charge in [-0.25, -0.2) is 18.0 Å². The first kappa shape index (κ1) is 19.5. The van der Waals surface area contributed by atoms with Crippen LogP contribution < -0.4 is 5.32 Å². The number of amides is 1. The molecule has 1 saturated heterocycles. The molecule has 1 amide bonds. The fourth-order valence-corrected chi connectivity index (χ4v) is 4.30. The fraction of sp³-hybridized carbons (Fsp3) is 0.579. The molecule has 2 aliphatic rings. The number of hydrogen-bond acceptors (Lipinski definition) is 4. The van der Waals surface area contributed by atoms with Gasteiger partial charge in [-0.3, -0.25) is 4.79 Å². The van der Waals surface area contributed by atoms with Gasteiger partial charge in [0.25, 0.3) is 0 Å². The van der Waals surface area contributed by atoms with Crippen LogP contribution in [0.4, 0.5) is 18.9 Å². The highest BCUT2D eigenvalue weighted by molar-refractivity contribution is 5.91. The minimum atomic E-state index is -1.12. The van der Waals surface area contributed by atoms with E-state index in [1.807, 2.05) is 13.8 Å². The average molecular weight is 384 g/mol. The Balaban J connectivity index is 1.82. The van der Waals surface area contributed by atoms with Gasteiger partial charge in [0, 0.05) is 24.6 Å². The summed E-state index contributed by atoms with van der Waals surface area (Å²) in [5.74, 6) is -4.01. The van der Waals surface area contributed by atoms with Gasteiger partial charge in [0.05, 0.1) is 7.11 Å². The van der Waals surface area contributed by atoms with Gasteiger partial charge in [-0.05, 0) is 17.8 Å². The van der Waals surface area contributed by atoms with Crippen LogP contribution in [0.3, 0.4) is 0 Å². The molecule has 0 spiro atoms. The fourth-order valence-electron chi connectivity index (χ4n) is 4.30. The lowest BCUT2D eigenvalue weighted by Gasteiger charge is -2.32. The summed E-state index contributed by atoms with van der Waals surface area (Å²) in [7, 11) is 1.27. The van der Waals surface area contributed by atoms with E-state index in [0.717, 1.165) is 0 Å². The lowest BCUT2D eigenvalue weighted by molar-refractivity contribution is -0.153. The molecule has 2 fully saturated rings. The number of methoxy groups -OCH3 is 1. The molecule has 1 aromatic carbocycles. The quantitative estimate of drug-likeness (QED) is 0.793. The number of hydrogen-bond donors (Lipinski definition) is 1. The molecule has 0 unspecified atom stereocenters. The van der Waals surface area contributed by atoms with Gasteiger partial charge in [0.15, 0.2) is 11.6 Å². The standard InChI is InChI=1S/C19H23F3N2O3/c1-5-13(23-15-11(21)6-9(20)7-12(15)22)17(25)24-8-10-14(19(10,2)3)16(24)18(26)27-4/h6-7,10,13-14,16,23H,5,8H2,1-4H3/t10-,13+,14-,16-/m0/s1. The van der Waals surface area contributed by atoms with E-state index in [1.165, 1.54) is 12.0 Å². The second-order valence-corrected chi connectivity index (χ2v) is 7.76. The highest BCUT2D eigenvalue weighted by Gasteiger charge is 2.70. The zero-order valence-corrected chi connectivity index (χ0v) is 15.7. The van der Waals surface area contributed by atoms with Crippen molar-refractivity contribution >= 4 is 17.6 Å². The molecule has 148 valence electrons. The first-order valence-corrected chi connectivity index (χ1v) is 8.92. The molecule has 27 heavy (non-hydrogen) atoms. The summed E-state index contributed by atoms with van der Waals surface area (Å²) in [4.78, 5) is 26.7. The molecule has 1 N–H and O–H groups in total. The van der Waals surface area contributed by atoms with Gasteiger partial charge in [-0.1, -0.05) is 20.8 Å². The lowest BCUT2D eigenvalue weighted by atomic mass is 10.00. The molecule has 1 saturated carbocycles. The number of carbonyl (C=O) groups is 2. The van der Waals surface area contributed by atoms with Crippen LogP contribution >= 0.6 is 0 Å². The van der Waals surface area contributed by atoms with Crippen LogP contribution in [0.5, 0.6) is 0 Å². The Kier molecular flexibility index (Phi) is 4.86. The smallest absolute Gasteiger partial charge is 0.328 e. The maximum absolute atomic E-state index is 13.9. The third kappa shape index (κ3) is 3.15. The number of rotatable bonds is 5. The molecule has 1 heterocycles. The average Bonchev–Trinajstić information content (AvgIpc) is 2.95. The molecule has 1 aliphatic heterocycles. The summed E-state index contributed by atoms with van der Waals surface area (Å²) in [6.07, 6.45) is 0.234. The summed E-state index contributed by atoms with van der Waals surface area (Å²) in [5.41, 5.74) is -0.615. The summed E-state index contributed by atoms with van der Waals surface area (Å²) < 4.78 is 45.8. The van der Waals surface area contributed by atoms with E-state index in [9.17, 15) is 22.8 Å². The molecular formula is C19H23F3N2O3. The van der Waals surface area contributed by atoms with Crippen LogP contribution in [-0.2, 0) is 14.3 Å². The van der Waals surface area contributed by atoms with Crippen LogP contribution in [0, 0.1) is 34.7 Å². The normalized spacial score (nSPS) is 26.3. The highest BCUT2D eigenvalue weighted by atomic mass is 19.1. The van der Waals surface area contributed by atoms with Gasteiger partial charge in [-0.15, -0.1) is 0 Å². The van der Waals surface area contributed by atoms with Crippen LogP contribution in [0.2, 0.25) is 0 Å². The van der Waals surface area contributed by atoms with Crippen molar-refractivity contribution in [3.63, 3.8) is 0 Å². The maximum atomic E-state index is 13.9. The lowest BCUT2D eigenvalue weighted by Crippen LogP contribution is -2.51. The van der Waals surface area contributed by atoms with Gasteiger partial charge in [-0.2, -0.15) is 0 Å². The van der Waals surface area contributed by atoms with Crippen molar-refractivity contribution in [3.05, 3.63) is 29.6 Å². The monoisotopic (exact) mass is 384 g/mol. The van der Waals surface area contributed by atoms with E-state index in [4.69, 9.17) is 4.74 Å². The van der Waals surface area contributed by atoms with Crippen molar-refractivity contribution in [3.8, 4) is 0 Å². The Morgan fingerprint density at radius 3 is 2.41 bits per heavy atom. The number of fused-ring (bicyclic) bond motifs is 1. The number of halogens is 3. The van der Waals surface area contributed by atoms with E-state index in [1.54, 1.807) is 6.92 Å². The number of nitrogens with zero attached hydrogens (tertiary/aromatic N) is 1. The SMILES string of the molecule is CC[C@@H](Nc1c(F)cc(F)cc1F)C(=O)N1C[C@H]2[C@@H]([C@H]1C(=O)OC)C2(C)C. The molecule has 0 radical (unpaired) electrons. The number of carbonyl (C=O) groups excluding carboxylic acids is 2. The third-order valence-electron chi connectivity index (χ3n) is 5.97. The molecule has 4 atom stereocenters. The molecule has 1 aliphatic carbocycles. The van der Waals surface area contributed by atoms with Gasteiger partial charge in [0.1, 0.15) is 23.6 Å². The second-order valence-electron chi connectivity index (χ2n) is 7.76. The molecule has 3 rings (SSSR count). The number of anilines is 1. The van der Waals surface area contributed by atoms with Crippen LogP contribution in [0.15, 0.2) is 12.1 Å². The highest BCUT2D eigenvalue weighted by Crippen LogP contribution is 2.65. The van der Waals surface area contributed by atoms with Gasteiger partial charge >= 0.3 is 5.97 Å². The molecular weight excluding hydrogens is 361 g/mol. The van der Waals surface area contributed by atoms with Crippen molar-refractivity contribution in [1.29, 1.82) is 0 Å². The van der Waals surface area contributed by atoms with Gasteiger partial charge in [0.2, 0.25) is 5.91 Å². The number of ether oxygens (including phenoxy) is 1. The van der Waals surface area contributed by atoms with Crippen LogP contribution in [0.25, 0.3) is 0 Å². The summed E-state index contributed by atoms with van der Waals surface area (Å²) >= 11 is 0. The van der Waals surface area contributed by atoms with E-state index >= 15 is 0 Å². The predicted octanol–water partition coefficient (Wildman–Crippen LogP) is 2.95. The number of nitrogens with one attached hydrogen (secondary N) is 1. The largest absolute Gasteiger partial charge is 0.467 e. The first-order chi connectivity index (χ1) is 12.6. The van der Waals surface area contributed by atoms with Crippen molar-refractivity contribution in [2.24, 2.45) is 17.3 Å². The molecule has 0 aromatic heterocycles. The minimum absolute atomic E-state index is 0.00528. The van der Waals surface area contributed by atoms with Gasteiger partial charge < -0.3 is 15.0 Å². The molecule has 8 heteroatoms. The minimum Gasteiger partial charge on any atom is -0.467 e. The van der Waals surface area contributed by atoms with Crippen LogP contribution in [0.1, 0.15) is 27.2 Å². The summed E-state index contributed by atoms with van der Waals surface area (Å²) in [6.45, 7) is 6.16. The Labute approximate surface area is 155 Å². The third-order valence-corrected chi connectivity index (χ3v) is 5.97. The predicted molar refractivity (Wildman–Crippen MR) is 92.3 cm³/mol. The number of likely N-dealkylation sites (tertiary alicyclic amines) is 1. The number of piperidine rings is 1. The van der Waals surface area contributed by atoms with E-state index < -0.39 is 47.1 Å². The van der Waals surface area contributed by atoms with Crippen molar-refractivity contribution in [1.82, 2.24) is 4.90 Å². The van der Waals surface area contributed by atoms with Crippen molar-refractivity contribution in [2.75, 3.05) is 19.0 Å². The Morgan fingerprint density at radius 2 is 1.89 bits per heavy atom. The number of benzene rings is 1. The van der Waals surface area contributed by atoms with E-state index in [2.05, 4.69) is 5.32 Å².